The lowest BCUT2D eigenvalue weighted by Crippen LogP contribution is -2.42. The summed E-state index contributed by atoms with van der Waals surface area (Å²) < 4.78 is 0. The summed E-state index contributed by atoms with van der Waals surface area (Å²) in [7, 11) is 0. The number of rotatable bonds is 5. The molecule has 0 saturated carbocycles. The van der Waals surface area contributed by atoms with Crippen molar-refractivity contribution in [2.24, 2.45) is 0 Å². The van der Waals surface area contributed by atoms with Crippen LogP contribution in [-0.4, -0.2) is 22.5 Å². The van der Waals surface area contributed by atoms with Crippen molar-refractivity contribution in [1.29, 1.82) is 0 Å². The van der Waals surface area contributed by atoms with Crippen LogP contribution in [0.5, 0.6) is 0 Å². The first-order valence-corrected chi connectivity index (χ1v) is 6.59. The fourth-order valence-corrected chi connectivity index (χ4v) is 1.59. The Morgan fingerprint density at radius 3 is 2.55 bits per heavy atom. The third-order valence-corrected chi connectivity index (χ3v) is 3.28. The lowest BCUT2D eigenvalue weighted by Gasteiger charge is -2.24. The van der Waals surface area contributed by atoms with Gasteiger partial charge in [-0.05, 0) is 56.5 Å². The van der Waals surface area contributed by atoms with E-state index in [0.29, 0.717) is 5.56 Å². The van der Waals surface area contributed by atoms with E-state index < -0.39 is 5.97 Å². The Labute approximate surface area is 119 Å². The number of amides is 1. The molecule has 1 amide bonds. The van der Waals surface area contributed by atoms with E-state index in [-0.39, 0.29) is 11.4 Å². The Hall–Kier alpha value is -2.10. The number of carboxylic acids is 1. The summed E-state index contributed by atoms with van der Waals surface area (Å²) in [5.41, 5.74) is 1.92. The van der Waals surface area contributed by atoms with E-state index in [1.54, 1.807) is 12.1 Å². The van der Waals surface area contributed by atoms with Crippen molar-refractivity contribution >= 4 is 18.0 Å². The molecule has 1 rings (SSSR count). The highest BCUT2D eigenvalue weighted by molar-refractivity contribution is 5.95. The number of aliphatic carboxylic acids is 1. The van der Waals surface area contributed by atoms with Gasteiger partial charge in [0, 0.05) is 17.2 Å². The highest BCUT2D eigenvalue weighted by Crippen LogP contribution is 2.15. The normalized spacial score (nSPS) is 11.6. The van der Waals surface area contributed by atoms with E-state index in [2.05, 4.69) is 5.32 Å². The maximum absolute atomic E-state index is 12.2. The zero-order valence-electron chi connectivity index (χ0n) is 12.4. The highest BCUT2D eigenvalue weighted by Gasteiger charge is 2.18. The third-order valence-electron chi connectivity index (χ3n) is 3.28. The maximum Gasteiger partial charge on any atom is 0.328 e. The third kappa shape index (κ3) is 4.53. The largest absolute Gasteiger partial charge is 0.478 e. The maximum atomic E-state index is 12.2. The van der Waals surface area contributed by atoms with Crippen molar-refractivity contribution < 1.29 is 14.7 Å². The highest BCUT2D eigenvalue weighted by atomic mass is 16.4. The monoisotopic (exact) mass is 275 g/mol. The zero-order valence-corrected chi connectivity index (χ0v) is 12.4. The van der Waals surface area contributed by atoms with Gasteiger partial charge in [0.2, 0.25) is 0 Å². The zero-order chi connectivity index (χ0) is 15.3. The second-order valence-electron chi connectivity index (χ2n) is 5.43. The molecule has 2 N–H and O–H groups in total. The molecule has 0 fully saturated rings. The molecule has 0 aliphatic rings. The summed E-state index contributed by atoms with van der Waals surface area (Å²) in [6.45, 7) is 7.81. The van der Waals surface area contributed by atoms with Crippen LogP contribution in [0, 0.1) is 6.92 Å². The summed E-state index contributed by atoms with van der Waals surface area (Å²) in [5, 5.41) is 11.6. The molecule has 0 radical (unpaired) electrons. The van der Waals surface area contributed by atoms with E-state index in [1.165, 1.54) is 6.08 Å². The van der Waals surface area contributed by atoms with Gasteiger partial charge in [-0.15, -0.1) is 0 Å². The molecule has 0 spiro atoms. The number of hydrogen-bond donors (Lipinski definition) is 2. The number of carboxylic acid groups (broad SMARTS) is 1. The predicted octanol–water partition coefficient (Wildman–Crippen LogP) is 3.01. The molecule has 1 aromatic carbocycles. The molecular weight excluding hydrogens is 254 g/mol. The molecule has 20 heavy (non-hydrogen) atoms. The lowest BCUT2D eigenvalue weighted by atomic mass is 10.00. The Kier molecular flexibility index (Phi) is 5.08. The van der Waals surface area contributed by atoms with Crippen molar-refractivity contribution in [1.82, 2.24) is 5.32 Å². The fraction of sp³-hybridized carbons (Fsp3) is 0.375. The van der Waals surface area contributed by atoms with Gasteiger partial charge in [-0.2, -0.15) is 0 Å². The minimum atomic E-state index is -1.01. The lowest BCUT2D eigenvalue weighted by molar-refractivity contribution is -0.131. The Morgan fingerprint density at radius 2 is 2.00 bits per heavy atom. The van der Waals surface area contributed by atoms with Crippen LogP contribution in [0.1, 0.15) is 48.7 Å². The first kappa shape index (κ1) is 16.0. The van der Waals surface area contributed by atoms with Crippen molar-refractivity contribution in [3.63, 3.8) is 0 Å². The van der Waals surface area contributed by atoms with Gasteiger partial charge in [-0.3, -0.25) is 4.79 Å². The SMILES string of the molecule is CCC(C)(C)NC(=O)c1ccc(C)c(/C=C/C(=O)O)c1. The van der Waals surface area contributed by atoms with E-state index in [4.69, 9.17) is 5.11 Å². The van der Waals surface area contributed by atoms with Crippen LogP contribution >= 0.6 is 0 Å². The molecule has 0 saturated heterocycles. The van der Waals surface area contributed by atoms with Crippen LogP contribution in [-0.2, 0) is 4.79 Å². The van der Waals surface area contributed by atoms with Crippen molar-refractivity contribution in [2.75, 3.05) is 0 Å². The molecule has 4 heteroatoms. The average Bonchev–Trinajstić information content (AvgIpc) is 2.37. The first-order chi connectivity index (χ1) is 9.25. The smallest absolute Gasteiger partial charge is 0.328 e. The standard InChI is InChI=1S/C16H21NO3/c1-5-16(3,4)17-15(20)13-7-6-11(2)12(10-13)8-9-14(18)19/h6-10H,5H2,1-4H3,(H,17,20)(H,18,19)/b9-8+. The molecule has 0 aliphatic heterocycles. The van der Waals surface area contributed by atoms with Gasteiger partial charge in [0.05, 0.1) is 0 Å². The number of hydrogen-bond acceptors (Lipinski definition) is 2. The second kappa shape index (κ2) is 6.37. The number of benzene rings is 1. The molecule has 4 nitrogen and oxygen atoms in total. The molecular formula is C16H21NO3. The van der Waals surface area contributed by atoms with Gasteiger partial charge in [0.15, 0.2) is 0 Å². The van der Waals surface area contributed by atoms with Crippen molar-refractivity contribution in [3.05, 3.63) is 41.0 Å². The average molecular weight is 275 g/mol. The van der Waals surface area contributed by atoms with Crippen LogP contribution in [0.15, 0.2) is 24.3 Å². The van der Waals surface area contributed by atoms with Crippen LogP contribution < -0.4 is 5.32 Å². The minimum absolute atomic E-state index is 0.151. The molecule has 0 unspecified atom stereocenters. The predicted molar refractivity (Wildman–Crippen MR) is 79.7 cm³/mol. The fourth-order valence-electron chi connectivity index (χ4n) is 1.59. The first-order valence-electron chi connectivity index (χ1n) is 6.59. The molecule has 0 heterocycles. The topological polar surface area (TPSA) is 66.4 Å². The van der Waals surface area contributed by atoms with E-state index in [1.807, 2.05) is 33.8 Å². The number of aryl methyl sites for hydroxylation is 1. The molecule has 1 aromatic rings. The number of carbonyl (C=O) groups is 2. The molecule has 0 bridgehead atoms. The van der Waals surface area contributed by atoms with Crippen LogP contribution in [0.4, 0.5) is 0 Å². The number of nitrogens with one attached hydrogen (secondary N) is 1. The van der Waals surface area contributed by atoms with Gasteiger partial charge in [-0.1, -0.05) is 13.0 Å². The van der Waals surface area contributed by atoms with Crippen molar-refractivity contribution in [3.8, 4) is 0 Å². The van der Waals surface area contributed by atoms with Crippen molar-refractivity contribution in [2.45, 2.75) is 39.7 Å². The van der Waals surface area contributed by atoms with Gasteiger partial charge < -0.3 is 10.4 Å². The van der Waals surface area contributed by atoms with Gasteiger partial charge in [-0.25, -0.2) is 4.79 Å². The van der Waals surface area contributed by atoms with Crippen LogP contribution in [0.2, 0.25) is 0 Å². The quantitative estimate of drug-likeness (QED) is 0.812. The van der Waals surface area contributed by atoms with E-state index in [9.17, 15) is 9.59 Å². The van der Waals surface area contributed by atoms with Gasteiger partial charge in [0.25, 0.3) is 5.91 Å². The summed E-state index contributed by atoms with van der Waals surface area (Å²) in [6.07, 6.45) is 3.40. The Morgan fingerprint density at radius 1 is 1.35 bits per heavy atom. The van der Waals surface area contributed by atoms with Crippen LogP contribution in [0.3, 0.4) is 0 Å². The van der Waals surface area contributed by atoms with E-state index in [0.717, 1.165) is 23.6 Å². The molecule has 0 aliphatic carbocycles. The number of carbonyl (C=O) groups excluding carboxylic acids is 1. The summed E-state index contributed by atoms with van der Waals surface area (Å²) >= 11 is 0. The molecule has 0 atom stereocenters. The summed E-state index contributed by atoms with van der Waals surface area (Å²) in [4.78, 5) is 22.7. The van der Waals surface area contributed by atoms with Gasteiger partial charge in [0.1, 0.15) is 0 Å². The Bertz CT molecular complexity index is 545. The molecule has 108 valence electrons. The van der Waals surface area contributed by atoms with E-state index >= 15 is 0 Å². The van der Waals surface area contributed by atoms with Gasteiger partial charge >= 0.3 is 5.97 Å². The summed E-state index contributed by atoms with van der Waals surface area (Å²) in [6, 6.07) is 5.26. The van der Waals surface area contributed by atoms with Crippen LogP contribution in [0.25, 0.3) is 6.08 Å². The minimum Gasteiger partial charge on any atom is -0.478 e. The molecule has 0 aromatic heterocycles. The summed E-state index contributed by atoms with van der Waals surface area (Å²) in [5.74, 6) is -1.16. The second-order valence-corrected chi connectivity index (χ2v) is 5.43. The Balaban J connectivity index is 3.00.